The third-order valence-electron chi connectivity index (χ3n) is 3.27. The van der Waals surface area contributed by atoms with Crippen LogP contribution in [0.15, 0.2) is 30.3 Å². The van der Waals surface area contributed by atoms with Crippen LogP contribution in [0.4, 0.5) is 4.79 Å². The van der Waals surface area contributed by atoms with Gasteiger partial charge in [0.05, 0.1) is 12.6 Å². The van der Waals surface area contributed by atoms with Gasteiger partial charge in [0.1, 0.15) is 6.04 Å². The predicted octanol–water partition coefficient (Wildman–Crippen LogP) is 1.36. The van der Waals surface area contributed by atoms with E-state index >= 15 is 0 Å². The molecule has 1 unspecified atom stereocenters. The van der Waals surface area contributed by atoms with Gasteiger partial charge in [-0.1, -0.05) is 30.3 Å². The zero-order valence-electron chi connectivity index (χ0n) is 12.6. The molecule has 0 spiro atoms. The van der Waals surface area contributed by atoms with Crippen LogP contribution in [0.5, 0.6) is 0 Å². The first-order chi connectivity index (χ1) is 9.95. The monoisotopic (exact) mass is 294 g/mol. The maximum absolute atomic E-state index is 12.1. The number of carboxylic acid groups (broad SMARTS) is 1. The first kappa shape index (κ1) is 17.0. The maximum atomic E-state index is 12.1. The van der Waals surface area contributed by atoms with Crippen LogP contribution >= 0.6 is 0 Å². The molecular weight excluding hydrogens is 272 g/mol. The second-order valence-electron chi connectivity index (χ2n) is 4.95. The highest BCUT2D eigenvalue weighted by Crippen LogP contribution is 2.05. The fraction of sp³-hybridized carbons (Fsp3) is 0.467. The number of likely N-dealkylation sites (N-methyl/N-ethyl adjacent to an activating group) is 1. The number of aliphatic carboxylic acids is 1. The number of nitrogens with one attached hydrogen (secondary N) is 1. The highest BCUT2D eigenvalue weighted by Gasteiger charge is 2.24. The van der Waals surface area contributed by atoms with Gasteiger partial charge in [0.25, 0.3) is 0 Å². The standard InChI is InChI=1S/C15H22N2O4/c1-11(10-21-3)17(2)15(20)16-13(14(18)19)9-12-7-5-4-6-8-12/h4-8,11,13H,9-10H2,1-3H3,(H,16,20)(H,18,19)/t11?,13-/m0/s1. The number of amides is 2. The molecule has 0 aliphatic heterocycles. The van der Waals surface area contributed by atoms with Gasteiger partial charge in [0.2, 0.25) is 0 Å². The van der Waals surface area contributed by atoms with Gasteiger partial charge in [-0.25, -0.2) is 9.59 Å². The van der Waals surface area contributed by atoms with Gasteiger partial charge in [0.15, 0.2) is 0 Å². The zero-order valence-corrected chi connectivity index (χ0v) is 12.6. The van der Waals surface area contributed by atoms with E-state index < -0.39 is 18.0 Å². The summed E-state index contributed by atoms with van der Waals surface area (Å²) in [4.78, 5) is 24.8. The second-order valence-corrected chi connectivity index (χ2v) is 4.95. The Kier molecular flexibility index (Phi) is 6.68. The average Bonchev–Trinajstić information content (AvgIpc) is 2.46. The molecule has 116 valence electrons. The Morgan fingerprint density at radius 3 is 2.48 bits per heavy atom. The van der Waals surface area contributed by atoms with Crippen molar-refractivity contribution in [2.75, 3.05) is 20.8 Å². The van der Waals surface area contributed by atoms with Gasteiger partial charge in [-0.3, -0.25) is 0 Å². The van der Waals surface area contributed by atoms with Crippen LogP contribution < -0.4 is 5.32 Å². The summed E-state index contributed by atoms with van der Waals surface area (Å²) in [5.41, 5.74) is 0.859. The Morgan fingerprint density at radius 2 is 1.95 bits per heavy atom. The lowest BCUT2D eigenvalue weighted by molar-refractivity contribution is -0.139. The SMILES string of the molecule is COCC(C)N(C)C(=O)N[C@@H](Cc1ccccc1)C(=O)O. The van der Waals surface area contributed by atoms with E-state index in [2.05, 4.69) is 5.32 Å². The van der Waals surface area contributed by atoms with Crippen LogP contribution in [-0.4, -0.2) is 54.9 Å². The lowest BCUT2D eigenvalue weighted by atomic mass is 10.1. The van der Waals surface area contributed by atoms with Crippen LogP contribution in [0.25, 0.3) is 0 Å². The van der Waals surface area contributed by atoms with Gasteiger partial charge >= 0.3 is 12.0 Å². The predicted molar refractivity (Wildman–Crippen MR) is 79.2 cm³/mol. The maximum Gasteiger partial charge on any atom is 0.326 e. The third kappa shape index (κ3) is 5.43. The van der Waals surface area contributed by atoms with Gasteiger partial charge < -0.3 is 20.1 Å². The lowest BCUT2D eigenvalue weighted by Gasteiger charge is -2.26. The van der Waals surface area contributed by atoms with Crippen LogP contribution in [0.2, 0.25) is 0 Å². The number of methoxy groups -OCH3 is 1. The van der Waals surface area contributed by atoms with Crippen molar-refractivity contribution >= 4 is 12.0 Å². The number of rotatable bonds is 7. The molecule has 21 heavy (non-hydrogen) atoms. The molecule has 2 N–H and O–H groups in total. The fourth-order valence-electron chi connectivity index (χ4n) is 1.85. The van der Waals surface area contributed by atoms with E-state index in [1.165, 1.54) is 4.90 Å². The molecule has 6 heteroatoms. The van der Waals surface area contributed by atoms with Crippen molar-refractivity contribution in [2.45, 2.75) is 25.4 Å². The number of urea groups is 1. The molecule has 1 rings (SSSR count). The van der Waals surface area contributed by atoms with E-state index in [0.717, 1.165) is 5.56 Å². The van der Waals surface area contributed by atoms with E-state index in [9.17, 15) is 14.7 Å². The Bertz CT molecular complexity index is 464. The molecule has 0 radical (unpaired) electrons. The Labute approximate surface area is 124 Å². The number of hydrogen-bond donors (Lipinski definition) is 2. The molecule has 1 aromatic rings. The summed E-state index contributed by atoms with van der Waals surface area (Å²) < 4.78 is 4.99. The summed E-state index contributed by atoms with van der Waals surface area (Å²) in [5.74, 6) is -1.06. The third-order valence-corrected chi connectivity index (χ3v) is 3.27. The van der Waals surface area contributed by atoms with Gasteiger partial charge in [-0.15, -0.1) is 0 Å². The van der Waals surface area contributed by atoms with Crippen molar-refractivity contribution < 1.29 is 19.4 Å². The van der Waals surface area contributed by atoms with Crippen molar-refractivity contribution in [2.24, 2.45) is 0 Å². The number of ether oxygens (including phenoxy) is 1. The Hall–Kier alpha value is -2.08. The van der Waals surface area contributed by atoms with Crippen LogP contribution in [-0.2, 0) is 16.0 Å². The van der Waals surface area contributed by atoms with Crippen molar-refractivity contribution in [3.63, 3.8) is 0 Å². The zero-order chi connectivity index (χ0) is 15.8. The number of hydrogen-bond acceptors (Lipinski definition) is 3. The molecule has 0 fully saturated rings. The van der Waals surface area contributed by atoms with Crippen LogP contribution in [0.3, 0.4) is 0 Å². The topological polar surface area (TPSA) is 78.9 Å². The highest BCUT2D eigenvalue weighted by atomic mass is 16.5. The summed E-state index contributed by atoms with van der Waals surface area (Å²) in [7, 11) is 3.16. The van der Waals surface area contributed by atoms with Crippen molar-refractivity contribution in [1.29, 1.82) is 0 Å². The number of carboxylic acids is 1. The quantitative estimate of drug-likeness (QED) is 0.796. The second kappa shape index (κ2) is 8.26. The summed E-state index contributed by atoms with van der Waals surface area (Å²) in [6.07, 6.45) is 0.244. The summed E-state index contributed by atoms with van der Waals surface area (Å²) >= 11 is 0. The molecule has 2 amide bonds. The Balaban J connectivity index is 2.66. The number of benzene rings is 1. The molecular formula is C15H22N2O4. The molecule has 2 atom stereocenters. The molecule has 0 aliphatic rings. The summed E-state index contributed by atoms with van der Waals surface area (Å²) in [5, 5.41) is 11.8. The van der Waals surface area contributed by atoms with Gasteiger partial charge in [-0.05, 0) is 12.5 Å². The van der Waals surface area contributed by atoms with Gasteiger partial charge in [0, 0.05) is 20.6 Å². The molecule has 0 saturated carbocycles. The van der Waals surface area contributed by atoms with E-state index in [-0.39, 0.29) is 12.5 Å². The van der Waals surface area contributed by atoms with E-state index in [1.54, 1.807) is 14.2 Å². The number of carbonyl (C=O) groups is 2. The van der Waals surface area contributed by atoms with Crippen LogP contribution in [0.1, 0.15) is 12.5 Å². The molecule has 0 heterocycles. The van der Waals surface area contributed by atoms with Crippen LogP contribution in [0, 0.1) is 0 Å². The number of nitrogens with zero attached hydrogens (tertiary/aromatic N) is 1. The van der Waals surface area contributed by atoms with E-state index in [4.69, 9.17) is 4.74 Å². The van der Waals surface area contributed by atoms with Crippen molar-refractivity contribution in [3.8, 4) is 0 Å². The van der Waals surface area contributed by atoms with Gasteiger partial charge in [-0.2, -0.15) is 0 Å². The summed E-state index contributed by atoms with van der Waals surface area (Å²) in [6.45, 7) is 2.22. The minimum Gasteiger partial charge on any atom is -0.480 e. The van der Waals surface area contributed by atoms with E-state index in [0.29, 0.717) is 6.61 Å². The highest BCUT2D eigenvalue weighted by molar-refractivity contribution is 5.82. The normalized spacial score (nSPS) is 13.3. The molecule has 6 nitrogen and oxygen atoms in total. The molecule has 0 saturated heterocycles. The number of carbonyl (C=O) groups excluding carboxylic acids is 1. The smallest absolute Gasteiger partial charge is 0.326 e. The minimum absolute atomic E-state index is 0.138. The van der Waals surface area contributed by atoms with Crippen molar-refractivity contribution in [3.05, 3.63) is 35.9 Å². The largest absolute Gasteiger partial charge is 0.480 e. The molecule has 0 aromatic heterocycles. The molecule has 0 aliphatic carbocycles. The fourth-order valence-corrected chi connectivity index (χ4v) is 1.85. The molecule has 0 bridgehead atoms. The Morgan fingerprint density at radius 1 is 1.33 bits per heavy atom. The van der Waals surface area contributed by atoms with E-state index in [1.807, 2.05) is 37.3 Å². The summed E-state index contributed by atoms with van der Waals surface area (Å²) in [6, 6.07) is 7.67. The average molecular weight is 294 g/mol. The lowest BCUT2D eigenvalue weighted by Crippen LogP contribution is -2.50. The first-order valence-electron chi connectivity index (χ1n) is 6.74. The minimum atomic E-state index is -1.06. The first-order valence-corrected chi connectivity index (χ1v) is 6.74. The molecule has 1 aromatic carbocycles. The van der Waals surface area contributed by atoms with Crippen molar-refractivity contribution in [1.82, 2.24) is 10.2 Å².